The van der Waals surface area contributed by atoms with Crippen molar-refractivity contribution in [1.29, 1.82) is 0 Å². The molecule has 4 heterocycles. The molecule has 2 fully saturated rings. The highest BCUT2D eigenvalue weighted by Gasteiger charge is 2.28. The first-order valence-electron chi connectivity index (χ1n) is 10.9. The van der Waals surface area contributed by atoms with Gasteiger partial charge in [-0.3, -0.25) is 9.20 Å². The number of morpholine rings is 1. The van der Waals surface area contributed by atoms with E-state index in [4.69, 9.17) is 15.5 Å². The second-order valence-electron chi connectivity index (χ2n) is 8.16. The van der Waals surface area contributed by atoms with Gasteiger partial charge in [0.2, 0.25) is 5.95 Å². The topological polar surface area (TPSA) is 144 Å². The molecule has 0 atom stereocenters. The van der Waals surface area contributed by atoms with Crippen molar-refractivity contribution < 1.29 is 14.6 Å². The molecule has 1 aliphatic carbocycles. The van der Waals surface area contributed by atoms with Crippen molar-refractivity contribution in [3.05, 3.63) is 30.5 Å². The molecule has 1 saturated carbocycles. The lowest BCUT2D eigenvalue weighted by atomic mass is 9.93. The molecule has 11 nitrogen and oxygen atoms in total. The average Bonchev–Trinajstić information content (AvgIpc) is 3.21. The molecule has 4 N–H and O–H groups in total. The first kappa shape index (κ1) is 20.6. The molecule has 1 aliphatic heterocycles. The standard InChI is InChI=1S/C21H26N8O3/c22-21-24-11-13(12-25-21)17-16(20(31)26-14-1-3-15(30)4-2-14)27-19-18(23-5-6-29(17)19)28-7-9-32-10-8-28/h5-6,11-12,14-15,30H,1-4,7-10H2,(H,26,31)(H2,22,24,25). The fourth-order valence-corrected chi connectivity index (χ4v) is 4.33. The Morgan fingerprint density at radius 2 is 1.84 bits per heavy atom. The predicted octanol–water partition coefficient (Wildman–Crippen LogP) is 0.638. The minimum Gasteiger partial charge on any atom is -0.393 e. The largest absolute Gasteiger partial charge is 0.393 e. The third-order valence-corrected chi connectivity index (χ3v) is 6.03. The molecule has 5 rings (SSSR count). The average molecular weight is 438 g/mol. The van der Waals surface area contributed by atoms with Gasteiger partial charge in [0.05, 0.1) is 25.0 Å². The van der Waals surface area contributed by atoms with E-state index >= 15 is 0 Å². The predicted molar refractivity (Wildman–Crippen MR) is 117 cm³/mol. The van der Waals surface area contributed by atoms with E-state index in [1.807, 2.05) is 4.40 Å². The zero-order chi connectivity index (χ0) is 22.1. The number of nitrogens with two attached hydrogens (primary N) is 1. The summed E-state index contributed by atoms with van der Waals surface area (Å²) in [5, 5.41) is 12.9. The van der Waals surface area contributed by atoms with Crippen molar-refractivity contribution in [3.8, 4) is 11.3 Å². The molecule has 3 aromatic rings. The van der Waals surface area contributed by atoms with E-state index in [0.29, 0.717) is 61.9 Å². The van der Waals surface area contributed by atoms with Gasteiger partial charge in [-0.1, -0.05) is 0 Å². The minimum atomic E-state index is -0.289. The lowest BCUT2D eigenvalue weighted by Crippen LogP contribution is -2.39. The number of hydrogen-bond acceptors (Lipinski definition) is 9. The third kappa shape index (κ3) is 3.96. The normalized spacial score (nSPS) is 21.6. The Morgan fingerprint density at radius 1 is 1.12 bits per heavy atom. The van der Waals surface area contributed by atoms with Crippen LogP contribution in [0.4, 0.5) is 11.8 Å². The highest BCUT2D eigenvalue weighted by molar-refractivity contribution is 6.00. The van der Waals surface area contributed by atoms with Gasteiger partial charge in [-0.25, -0.2) is 19.9 Å². The Bertz CT molecular complexity index is 1100. The maximum atomic E-state index is 13.3. The summed E-state index contributed by atoms with van der Waals surface area (Å²) in [6.07, 6.45) is 9.21. The van der Waals surface area contributed by atoms with Crippen LogP contribution >= 0.6 is 0 Å². The number of imidazole rings is 1. The van der Waals surface area contributed by atoms with Crippen LogP contribution in [-0.2, 0) is 4.74 Å². The SMILES string of the molecule is Nc1ncc(-c2c(C(=O)NC3CCC(O)CC3)nc3c(N4CCOCC4)nccn23)cn1. The number of carbonyl (C=O) groups is 1. The molecule has 11 heteroatoms. The van der Waals surface area contributed by atoms with Gasteiger partial charge in [0.1, 0.15) is 0 Å². The molecule has 2 aliphatic rings. The number of nitrogen functional groups attached to an aromatic ring is 1. The van der Waals surface area contributed by atoms with Crippen molar-refractivity contribution >= 4 is 23.3 Å². The van der Waals surface area contributed by atoms with Crippen LogP contribution in [-0.4, -0.2) is 73.8 Å². The molecular formula is C21H26N8O3. The fraction of sp³-hybridized carbons (Fsp3) is 0.476. The number of aliphatic hydroxyl groups is 1. The smallest absolute Gasteiger partial charge is 0.272 e. The number of anilines is 2. The molecule has 32 heavy (non-hydrogen) atoms. The number of ether oxygens (including phenoxy) is 1. The molecule has 3 aromatic heterocycles. The zero-order valence-corrected chi connectivity index (χ0v) is 17.6. The van der Waals surface area contributed by atoms with E-state index < -0.39 is 0 Å². The molecular weight excluding hydrogens is 412 g/mol. The quantitative estimate of drug-likeness (QED) is 0.534. The summed E-state index contributed by atoms with van der Waals surface area (Å²) in [5.41, 5.74) is 7.77. The van der Waals surface area contributed by atoms with E-state index in [0.717, 1.165) is 12.8 Å². The zero-order valence-electron chi connectivity index (χ0n) is 17.6. The van der Waals surface area contributed by atoms with Crippen LogP contribution in [0.3, 0.4) is 0 Å². The summed E-state index contributed by atoms with van der Waals surface area (Å²) in [5.74, 6) is 0.591. The second-order valence-corrected chi connectivity index (χ2v) is 8.16. The Labute approximate surface area is 184 Å². The molecule has 0 bridgehead atoms. The molecule has 1 saturated heterocycles. The summed E-state index contributed by atoms with van der Waals surface area (Å²) in [4.78, 5) is 32.9. The molecule has 0 radical (unpaired) electrons. The van der Waals surface area contributed by atoms with Crippen molar-refractivity contribution in [3.63, 3.8) is 0 Å². The lowest BCUT2D eigenvalue weighted by Gasteiger charge is -2.27. The van der Waals surface area contributed by atoms with Crippen LogP contribution < -0.4 is 16.0 Å². The van der Waals surface area contributed by atoms with Crippen LogP contribution in [0.2, 0.25) is 0 Å². The highest BCUT2D eigenvalue weighted by Crippen LogP contribution is 2.29. The van der Waals surface area contributed by atoms with Gasteiger partial charge in [-0.15, -0.1) is 0 Å². The summed E-state index contributed by atoms with van der Waals surface area (Å²) in [6.45, 7) is 2.63. The number of nitrogens with one attached hydrogen (secondary N) is 1. The molecule has 0 aromatic carbocycles. The van der Waals surface area contributed by atoms with Crippen LogP contribution in [0, 0.1) is 0 Å². The van der Waals surface area contributed by atoms with Gasteiger partial charge in [-0.05, 0) is 25.7 Å². The molecule has 1 amide bonds. The molecule has 168 valence electrons. The van der Waals surface area contributed by atoms with Gasteiger partial charge >= 0.3 is 0 Å². The minimum absolute atomic E-state index is 0.00284. The first-order chi connectivity index (χ1) is 15.6. The highest BCUT2D eigenvalue weighted by atomic mass is 16.5. The molecule has 0 spiro atoms. The number of rotatable bonds is 4. The number of amides is 1. The van der Waals surface area contributed by atoms with E-state index in [-0.39, 0.29) is 29.7 Å². The van der Waals surface area contributed by atoms with Crippen LogP contribution in [0.15, 0.2) is 24.8 Å². The summed E-state index contributed by atoms with van der Waals surface area (Å²) >= 11 is 0. The number of nitrogens with zero attached hydrogens (tertiary/aromatic N) is 6. The van der Waals surface area contributed by atoms with E-state index in [1.165, 1.54) is 0 Å². The maximum Gasteiger partial charge on any atom is 0.272 e. The summed E-state index contributed by atoms with van der Waals surface area (Å²) in [6, 6.07) is 0.00284. The van der Waals surface area contributed by atoms with Gasteiger partial charge < -0.3 is 25.8 Å². The van der Waals surface area contributed by atoms with Gasteiger partial charge in [-0.2, -0.15) is 0 Å². The number of hydrogen-bond donors (Lipinski definition) is 3. The maximum absolute atomic E-state index is 13.3. The second kappa shape index (κ2) is 8.67. The van der Waals surface area contributed by atoms with Crippen molar-refractivity contribution in [1.82, 2.24) is 29.7 Å². The number of aromatic nitrogens is 5. The molecule has 0 unspecified atom stereocenters. The number of fused-ring (bicyclic) bond motifs is 1. The van der Waals surface area contributed by atoms with Gasteiger partial charge in [0, 0.05) is 49.5 Å². The monoisotopic (exact) mass is 438 g/mol. The van der Waals surface area contributed by atoms with E-state index in [2.05, 4.69) is 25.2 Å². The van der Waals surface area contributed by atoms with E-state index in [1.54, 1.807) is 24.8 Å². The van der Waals surface area contributed by atoms with Crippen LogP contribution in [0.25, 0.3) is 16.9 Å². The Hall–Kier alpha value is -3.31. The Balaban J connectivity index is 1.57. The third-order valence-electron chi connectivity index (χ3n) is 6.03. The lowest BCUT2D eigenvalue weighted by molar-refractivity contribution is 0.0864. The van der Waals surface area contributed by atoms with Crippen molar-refractivity contribution in [2.45, 2.75) is 37.8 Å². The Kier molecular flexibility index (Phi) is 5.58. The summed E-state index contributed by atoms with van der Waals surface area (Å²) in [7, 11) is 0. The van der Waals surface area contributed by atoms with Gasteiger partial charge in [0.25, 0.3) is 5.91 Å². The van der Waals surface area contributed by atoms with Gasteiger partial charge in [0.15, 0.2) is 17.2 Å². The van der Waals surface area contributed by atoms with Crippen molar-refractivity contribution in [2.75, 3.05) is 36.9 Å². The van der Waals surface area contributed by atoms with Crippen LogP contribution in [0.1, 0.15) is 36.2 Å². The summed E-state index contributed by atoms with van der Waals surface area (Å²) < 4.78 is 7.32. The number of carbonyl (C=O) groups excluding carboxylic acids is 1. The fourth-order valence-electron chi connectivity index (χ4n) is 4.33. The number of aliphatic hydroxyl groups excluding tert-OH is 1. The van der Waals surface area contributed by atoms with E-state index in [9.17, 15) is 9.90 Å². The van der Waals surface area contributed by atoms with Crippen LogP contribution in [0.5, 0.6) is 0 Å². The first-order valence-corrected chi connectivity index (χ1v) is 10.9. The Morgan fingerprint density at radius 3 is 2.56 bits per heavy atom. The van der Waals surface area contributed by atoms with Crippen molar-refractivity contribution in [2.24, 2.45) is 0 Å².